The number of hydrogen-bond acceptors (Lipinski definition) is 12. The van der Waals surface area contributed by atoms with Gasteiger partial charge in [0.05, 0.1) is 64.6 Å². The van der Waals surface area contributed by atoms with Gasteiger partial charge in [-0.25, -0.2) is 0 Å². The van der Waals surface area contributed by atoms with Gasteiger partial charge in [-0.2, -0.15) is 0 Å². The molecular weight excluding hydrogens is 897 g/mol. The van der Waals surface area contributed by atoms with Crippen LogP contribution in [0.5, 0.6) is 11.5 Å². The van der Waals surface area contributed by atoms with Gasteiger partial charge >= 0.3 is 0 Å². The summed E-state index contributed by atoms with van der Waals surface area (Å²) in [5, 5.41) is 11.8. The van der Waals surface area contributed by atoms with Crippen LogP contribution in [0, 0.1) is 11.8 Å². The van der Waals surface area contributed by atoms with Crippen LogP contribution in [0.15, 0.2) is 103 Å². The Balaban J connectivity index is 0.966. The van der Waals surface area contributed by atoms with Crippen molar-refractivity contribution in [2.24, 2.45) is 11.8 Å². The number of rotatable bonds is 24. The lowest BCUT2D eigenvalue weighted by molar-refractivity contribution is -0.134. The Morgan fingerprint density at radius 3 is 1.33 bits per heavy atom. The van der Waals surface area contributed by atoms with Gasteiger partial charge in [0.15, 0.2) is 17.2 Å². The van der Waals surface area contributed by atoms with Crippen LogP contribution in [0.2, 0.25) is 0 Å². The van der Waals surface area contributed by atoms with E-state index in [2.05, 4.69) is 21.3 Å². The molecule has 4 fully saturated rings. The number of ketones is 2. The van der Waals surface area contributed by atoms with E-state index in [1.54, 1.807) is 45.4 Å². The Morgan fingerprint density at radius 2 is 0.929 bits per heavy atom. The number of nitrogens with one attached hydrogen (secondary N) is 4. The molecule has 0 radical (unpaired) electrons. The minimum absolute atomic E-state index is 0.136. The number of benzene rings is 4. The first-order valence-corrected chi connectivity index (χ1v) is 23.9. The summed E-state index contributed by atoms with van der Waals surface area (Å²) in [7, 11) is 3.14. The lowest BCUT2D eigenvalue weighted by Crippen LogP contribution is -2.56. The molecule has 4 aliphatic heterocycles. The highest BCUT2D eigenvalue weighted by atomic mass is 16.6. The maximum absolute atomic E-state index is 14.7. The smallest absolute Gasteiger partial charge is 0.243 e. The summed E-state index contributed by atoms with van der Waals surface area (Å²) < 4.78 is 33.0. The van der Waals surface area contributed by atoms with Crippen molar-refractivity contribution >= 4 is 35.2 Å². The minimum atomic E-state index is -1.22. The van der Waals surface area contributed by atoms with Gasteiger partial charge in [0.25, 0.3) is 0 Å². The van der Waals surface area contributed by atoms with Crippen LogP contribution in [-0.2, 0) is 79.8 Å². The fourth-order valence-corrected chi connectivity index (χ4v) is 9.00. The monoisotopic (exact) mass is 958 g/mol. The number of ether oxygens (including phenoxy) is 6. The maximum Gasteiger partial charge on any atom is 0.243 e. The summed E-state index contributed by atoms with van der Waals surface area (Å²) in [4.78, 5) is 83.8. The van der Waals surface area contributed by atoms with E-state index >= 15 is 0 Å². The summed E-state index contributed by atoms with van der Waals surface area (Å²) in [6.45, 7) is 3.53. The Bertz CT molecular complexity index is 2460. The number of carbonyl (C=O) groups is 6. The lowest BCUT2D eigenvalue weighted by Gasteiger charge is -2.26. The van der Waals surface area contributed by atoms with Crippen molar-refractivity contribution in [2.45, 2.75) is 87.2 Å². The Hall–Kier alpha value is -6.46. The predicted octanol–water partition coefficient (Wildman–Crippen LogP) is 3.23. The highest BCUT2D eigenvalue weighted by Gasteiger charge is 2.54. The summed E-state index contributed by atoms with van der Waals surface area (Å²) in [5.74, 6) is -1.64. The summed E-state index contributed by atoms with van der Waals surface area (Å²) in [6, 6.07) is 27.3. The van der Waals surface area contributed by atoms with E-state index in [1.807, 2.05) is 78.9 Å². The van der Waals surface area contributed by atoms with Crippen LogP contribution in [0.4, 0.5) is 0 Å². The number of epoxide rings is 2. The molecule has 0 aliphatic carbocycles. The molecule has 4 heterocycles. The molecule has 8 atom stereocenters. The molecule has 4 N–H and O–H groups in total. The molecule has 8 rings (SSSR count). The molecule has 8 unspecified atom stereocenters. The van der Waals surface area contributed by atoms with E-state index in [0.717, 1.165) is 27.8 Å². The van der Waals surface area contributed by atoms with E-state index < -0.39 is 47.2 Å². The zero-order valence-corrected chi connectivity index (χ0v) is 39.9. The molecule has 16 heteroatoms. The fourth-order valence-electron chi connectivity index (χ4n) is 9.00. The molecule has 0 spiro atoms. The Morgan fingerprint density at radius 1 is 0.529 bits per heavy atom. The maximum atomic E-state index is 14.7. The van der Waals surface area contributed by atoms with Gasteiger partial charge < -0.3 is 49.7 Å². The molecule has 370 valence electrons. The first kappa shape index (κ1) is 49.9. The second kappa shape index (κ2) is 22.5. The van der Waals surface area contributed by atoms with E-state index in [4.69, 9.17) is 28.4 Å². The van der Waals surface area contributed by atoms with Crippen LogP contribution >= 0.6 is 0 Å². The van der Waals surface area contributed by atoms with Crippen LogP contribution in [0.1, 0.15) is 47.6 Å². The molecule has 4 aliphatic rings. The SMILES string of the molecule is COc1ccc(CC(NC(=O)C2CCOC2)C(=O)NC(Cc2ccc(CC3(C(=O)C(Cc4ccccc4)NC(=O)C(Cc4ccc(OC)cc4)NC(=O)C4CCOC4)CO3)cc2)C(=O)C2(C)CO2)cc1. The third-order valence-corrected chi connectivity index (χ3v) is 13.6. The molecule has 70 heavy (non-hydrogen) atoms. The largest absolute Gasteiger partial charge is 0.497 e. The molecule has 4 aromatic carbocycles. The predicted molar refractivity (Wildman–Crippen MR) is 256 cm³/mol. The second-order valence-corrected chi connectivity index (χ2v) is 18.9. The quantitative estimate of drug-likeness (QED) is 0.0747. The van der Waals surface area contributed by atoms with Crippen molar-refractivity contribution in [2.75, 3.05) is 53.9 Å². The summed E-state index contributed by atoms with van der Waals surface area (Å²) in [6.07, 6.45) is 1.99. The first-order chi connectivity index (χ1) is 33.8. The van der Waals surface area contributed by atoms with Crippen molar-refractivity contribution in [3.8, 4) is 11.5 Å². The van der Waals surface area contributed by atoms with Gasteiger partial charge in [-0.15, -0.1) is 0 Å². The second-order valence-electron chi connectivity index (χ2n) is 18.9. The van der Waals surface area contributed by atoms with Crippen molar-refractivity contribution in [1.29, 1.82) is 0 Å². The molecule has 4 aromatic rings. The number of carbonyl (C=O) groups excluding carboxylic acids is 6. The molecule has 0 saturated carbocycles. The van der Waals surface area contributed by atoms with Crippen molar-refractivity contribution in [3.63, 3.8) is 0 Å². The Kier molecular flexibility index (Phi) is 16.1. The third kappa shape index (κ3) is 12.8. The van der Waals surface area contributed by atoms with Gasteiger partial charge in [-0.05, 0) is 84.7 Å². The van der Waals surface area contributed by atoms with Crippen LogP contribution in [0.25, 0.3) is 0 Å². The highest BCUT2D eigenvalue weighted by Crippen LogP contribution is 2.35. The van der Waals surface area contributed by atoms with Gasteiger partial charge in [-0.3, -0.25) is 28.8 Å². The number of methoxy groups -OCH3 is 2. The summed E-state index contributed by atoms with van der Waals surface area (Å²) in [5.41, 5.74) is 1.67. The minimum Gasteiger partial charge on any atom is -0.497 e. The third-order valence-electron chi connectivity index (χ3n) is 13.6. The average molecular weight is 959 g/mol. The van der Waals surface area contributed by atoms with E-state index in [1.165, 1.54) is 0 Å². The van der Waals surface area contributed by atoms with Crippen molar-refractivity contribution < 1.29 is 57.2 Å². The summed E-state index contributed by atoms with van der Waals surface area (Å²) >= 11 is 0. The zero-order chi connectivity index (χ0) is 49.3. The first-order valence-electron chi connectivity index (χ1n) is 23.9. The zero-order valence-electron chi connectivity index (χ0n) is 39.9. The van der Waals surface area contributed by atoms with E-state index in [9.17, 15) is 28.8 Å². The number of Topliss-reactive ketones (excluding diaryl/α,β-unsaturated/α-hetero) is 2. The molecule has 0 bridgehead atoms. The van der Waals surface area contributed by atoms with Crippen LogP contribution in [-0.4, -0.2) is 124 Å². The van der Waals surface area contributed by atoms with E-state index in [0.29, 0.717) is 37.6 Å². The van der Waals surface area contributed by atoms with Crippen LogP contribution in [0.3, 0.4) is 0 Å². The fraction of sp³-hybridized carbons (Fsp3) is 0.444. The average Bonchev–Trinajstić information content (AvgIpc) is 4.13. The number of amides is 4. The lowest BCUT2D eigenvalue weighted by atomic mass is 9.88. The molecule has 0 aromatic heterocycles. The molecular formula is C54H62N4O12. The molecule has 4 saturated heterocycles. The van der Waals surface area contributed by atoms with Gasteiger partial charge in [0, 0.05) is 32.5 Å². The highest BCUT2D eigenvalue weighted by molar-refractivity contribution is 5.99. The van der Waals surface area contributed by atoms with Crippen molar-refractivity contribution in [1.82, 2.24) is 21.3 Å². The number of hydrogen-bond donors (Lipinski definition) is 4. The Labute approximate surface area is 407 Å². The van der Waals surface area contributed by atoms with E-state index in [-0.39, 0.29) is 93.7 Å². The van der Waals surface area contributed by atoms with Gasteiger partial charge in [-0.1, -0.05) is 78.9 Å². The standard InChI is InChI=1S/C54H62N4O12/c1-53(32-69-53)47(59)43(55-51(63)45(57-49(61)39-21-23-67-30-39)27-36-13-17-41(65-2)18-14-36)26-35-9-11-38(12-10-35)29-54(33-70-54)48(60)44(25-34-7-5-4-6-8-34)56-52(64)46(58-50(62)40-22-24-68-31-40)28-37-15-19-42(66-3)20-16-37/h4-20,39-40,43-46H,21-33H2,1-3H3,(H,55,63)(H,56,64)(H,57,61)(H,58,62). The van der Waals surface area contributed by atoms with Gasteiger partial charge in [0.1, 0.15) is 29.2 Å². The normalized spacial score (nSPS) is 22.9. The van der Waals surface area contributed by atoms with Gasteiger partial charge in [0.2, 0.25) is 23.6 Å². The topological polar surface area (TPSA) is 213 Å². The van der Waals surface area contributed by atoms with Crippen molar-refractivity contribution in [3.05, 3.63) is 131 Å². The molecule has 4 amide bonds. The molecule has 16 nitrogen and oxygen atoms in total. The van der Waals surface area contributed by atoms with Crippen LogP contribution < -0.4 is 30.7 Å².